The molecule has 1 aliphatic carbocycles. The highest BCUT2D eigenvalue weighted by Gasteiger charge is 2.51. The van der Waals surface area contributed by atoms with Crippen LogP contribution in [0, 0.1) is 0 Å². The second-order valence-electron chi connectivity index (χ2n) is 17.1. The molecule has 0 aromatic heterocycles. The first-order valence-electron chi connectivity index (χ1n) is 24.0. The molecular weight excluding hydrogens is 801 g/mol. The Balaban J connectivity index is 2.55. The van der Waals surface area contributed by atoms with Crippen LogP contribution >= 0.6 is 7.82 Å². The molecule has 9 N–H and O–H groups in total. The Kier molecular flexibility index (Phi) is 34.7. The molecule has 8 unspecified atom stereocenters. The highest BCUT2D eigenvalue weighted by Crippen LogP contribution is 2.47. The highest BCUT2D eigenvalue weighted by molar-refractivity contribution is 7.47. The Morgan fingerprint density at radius 3 is 1.44 bits per heavy atom. The average Bonchev–Trinajstić information content (AvgIpc) is 3.23. The molecule has 1 amide bonds. The van der Waals surface area contributed by atoms with Crippen molar-refractivity contribution in [1.29, 1.82) is 0 Å². The maximum Gasteiger partial charge on any atom is 0.472 e. The molecule has 61 heavy (non-hydrogen) atoms. The molecule has 14 heteroatoms. The molecule has 1 aliphatic rings. The van der Waals surface area contributed by atoms with Crippen molar-refractivity contribution >= 4 is 13.7 Å². The van der Waals surface area contributed by atoms with Crippen LogP contribution in [0.3, 0.4) is 0 Å². The zero-order chi connectivity index (χ0) is 45.1. The van der Waals surface area contributed by atoms with Crippen molar-refractivity contribution in [3.8, 4) is 0 Å². The number of allylic oxidation sites excluding steroid dienone is 4. The number of carbonyl (C=O) groups excluding carboxylic acids is 1. The molecule has 0 aromatic carbocycles. The lowest BCUT2D eigenvalue weighted by molar-refractivity contribution is -0.220. The molecule has 13 nitrogen and oxygen atoms in total. The Labute approximate surface area is 368 Å². The summed E-state index contributed by atoms with van der Waals surface area (Å²) in [5.41, 5.74) is 0. The largest absolute Gasteiger partial charge is 0.472 e. The quantitative estimate of drug-likeness (QED) is 0.0162. The Hall–Kier alpha value is -1.48. The summed E-state index contributed by atoms with van der Waals surface area (Å²) in [4.78, 5) is 23.4. The third-order valence-corrected chi connectivity index (χ3v) is 12.5. The van der Waals surface area contributed by atoms with Gasteiger partial charge in [-0.15, -0.1) is 0 Å². The lowest BCUT2D eigenvalue weighted by atomic mass is 9.85. The van der Waals surface area contributed by atoms with E-state index in [1.807, 2.05) is 6.08 Å². The molecule has 0 bridgehead atoms. The number of unbranched alkanes of at least 4 members (excludes halogenated alkanes) is 24. The summed E-state index contributed by atoms with van der Waals surface area (Å²) in [6.45, 7) is 3.70. The third-order valence-electron chi connectivity index (χ3n) is 11.5. The van der Waals surface area contributed by atoms with Crippen LogP contribution in [0.4, 0.5) is 0 Å². The van der Waals surface area contributed by atoms with Crippen molar-refractivity contribution in [3.63, 3.8) is 0 Å². The van der Waals surface area contributed by atoms with Crippen LogP contribution in [0.1, 0.15) is 194 Å². The van der Waals surface area contributed by atoms with E-state index in [1.54, 1.807) is 12.2 Å². The van der Waals surface area contributed by atoms with Crippen molar-refractivity contribution in [2.24, 2.45) is 0 Å². The zero-order valence-corrected chi connectivity index (χ0v) is 38.7. The van der Waals surface area contributed by atoms with Gasteiger partial charge in [0.1, 0.15) is 36.6 Å². The minimum atomic E-state index is -5.15. The number of aliphatic hydroxyl groups is 7. The van der Waals surface area contributed by atoms with Crippen LogP contribution in [0.2, 0.25) is 0 Å². The summed E-state index contributed by atoms with van der Waals surface area (Å²) in [7, 11) is -5.15. The van der Waals surface area contributed by atoms with E-state index in [1.165, 1.54) is 141 Å². The standard InChI is InChI=1S/C47H88NO12P/c1-3-5-7-9-11-13-15-16-17-18-19-20-21-22-23-25-27-29-31-33-35-40(50)39(37-59-61(57,58)60-47-45(55)43(53)42(52)44(54)46(47)56)48-41(51)36-38(49)34-32-30-28-26-24-14-12-10-8-6-4-2/h26,28,32-35,38-40,42-47,49-50,52-56H,3-25,27,29-31,36-37H2,1-2H3,(H,48,51)(H,57,58)/b28-26-,34-32-,35-33+. The van der Waals surface area contributed by atoms with Crippen molar-refractivity contribution < 1.29 is 59.0 Å². The molecule has 8 atom stereocenters. The van der Waals surface area contributed by atoms with Crippen LogP contribution < -0.4 is 5.32 Å². The number of amides is 1. The number of hydrogen-bond donors (Lipinski definition) is 9. The van der Waals surface area contributed by atoms with Crippen LogP contribution in [-0.4, -0.2) is 108 Å². The van der Waals surface area contributed by atoms with Crippen molar-refractivity contribution in [2.45, 2.75) is 249 Å². The second-order valence-corrected chi connectivity index (χ2v) is 18.5. The van der Waals surface area contributed by atoms with Crippen molar-refractivity contribution in [1.82, 2.24) is 5.32 Å². The maximum atomic E-state index is 12.9. The van der Waals surface area contributed by atoms with Crippen LogP contribution in [0.5, 0.6) is 0 Å². The van der Waals surface area contributed by atoms with Crippen LogP contribution in [0.15, 0.2) is 36.5 Å². The number of phosphoric acid groups is 1. The average molecular weight is 890 g/mol. The molecule has 0 heterocycles. The minimum absolute atomic E-state index is 0.351. The van der Waals surface area contributed by atoms with E-state index in [2.05, 4.69) is 25.2 Å². The summed E-state index contributed by atoms with van der Waals surface area (Å²) in [6.07, 6.45) is 28.4. The third kappa shape index (κ3) is 28.8. The number of nitrogens with one attached hydrogen (secondary N) is 1. The summed E-state index contributed by atoms with van der Waals surface area (Å²) < 4.78 is 22.8. The number of phosphoric ester groups is 1. The molecule has 1 saturated carbocycles. The lowest BCUT2D eigenvalue weighted by Crippen LogP contribution is -2.64. The van der Waals surface area contributed by atoms with E-state index < -0.39 is 75.2 Å². The summed E-state index contributed by atoms with van der Waals surface area (Å²) in [6, 6.07) is -1.27. The first-order valence-corrected chi connectivity index (χ1v) is 25.5. The van der Waals surface area contributed by atoms with Gasteiger partial charge in [-0.05, 0) is 32.1 Å². The Bertz CT molecular complexity index is 1190. The van der Waals surface area contributed by atoms with Gasteiger partial charge >= 0.3 is 7.82 Å². The van der Waals surface area contributed by atoms with E-state index in [9.17, 15) is 50.0 Å². The number of carbonyl (C=O) groups is 1. The fraction of sp³-hybridized carbons (Fsp3) is 0.851. The lowest BCUT2D eigenvalue weighted by Gasteiger charge is -2.41. The molecule has 1 fully saturated rings. The van der Waals surface area contributed by atoms with Gasteiger partial charge in [0.2, 0.25) is 5.91 Å². The predicted octanol–water partition coefficient (Wildman–Crippen LogP) is 8.14. The van der Waals surface area contributed by atoms with Gasteiger partial charge in [-0.25, -0.2) is 4.57 Å². The fourth-order valence-electron chi connectivity index (χ4n) is 7.53. The number of hydrogen-bond acceptors (Lipinski definition) is 11. The van der Waals surface area contributed by atoms with E-state index in [0.29, 0.717) is 12.8 Å². The molecule has 0 aromatic rings. The SMILES string of the molecule is CCCCCCCC/C=C\C/C=C\C(O)CC(=O)NC(COP(=O)(O)OC1C(O)C(O)C(O)C(O)C1O)C(O)/C=C/CCCCCCCCCCCCCCCCCCCC. The maximum absolute atomic E-state index is 12.9. The van der Waals surface area contributed by atoms with Gasteiger partial charge < -0.3 is 46.0 Å². The van der Waals surface area contributed by atoms with Crippen molar-refractivity contribution in [3.05, 3.63) is 36.5 Å². The normalized spacial score (nSPS) is 23.5. The van der Waals surface area contributed by atoms with E-state index in [-0.39, 0.29) is 6.42 Å². The molecule has 0 aliphatic heterocycles. The highest BCUT2D eigenvalue weighted by atomic mass is 31.2. The number of rotatable bonds is 39. The Morgan fingerprint density at radius 2 is 0.984 bits per heavy atom. The van der Waals surface area contributed by atoms with Gasteiger partial charge in [-0.3, -0.25) is 13.8 Å². The van der Waals surface area contributed by atoms with Gasteiger partial charge in [0.05, 0.1) is 31.3 Å². The van der Waals surface area contributed by atoms with Gasteiger partial charge in [0.25, 0.3) is 0 Å². The summed E-state index contributed by atoms with van der Waals surface area (Å²) in [5, 5.41) is 74.3. The summed E-state index contributed by atoms with van der Waals surface area (Å²) in [5.74, 6) is -0.660. The first kappa shape index (κ1) is 57.5. The zero-order valence-electron chi connectivity index (χ0n) is 37.8. The summed E-state index contributed by atoms with van der Waals surface area (Å²) >= 11 is 0. The van der Waals surface area contributed by atoms with E-state index in [4.69, 9.17) is 9.05 Å². The molecule has 0 saturated heterocycles. The van der Waals surface area contributed by atoms with E-state index >= 15 is 0 Å². The topological polar surface area (TPSA) is 226 Å². The molecule has 0 radical (unpaired) electrons. The predicted molar refractivity (Wildman–Crippen MR) is 243 cm³/mol. The van der Waals surface area contributed by atoms with Crippen LogP contribution in [0.25, 0.3) is 0 Å². The molecule has 358 valence electrons. The minimum Gasteiger partial charge on any atom is -0.389 e. The van der Waals surface area contributed by atoms with Gasteiger partial charge in [-0.1, -0.05) is 192 Å². The Morgan fingerprint density at radius 1 is 0.574 bits per heavy atom. The van der Waals surface area contributed by atoms with E-state index in [0.717, 1.165) is 32.1 Å². The van der Waals surface area contributed by atoms with Crippen LogP contribution in [-0.2, 0) is 18.4 Å². The second kappa shape index (κ2) is 36.8. The first-order chi connectivity index (χ1) is 29.3. The van der Waals surface area contributed by atoms with Gasteiger partial charge in [0.15, 0.2) is 0 Å². The molecular formula is C47H88NO12P. The van der Waals surface area contributed by atoms with Crippen molar-refractivity contribution in [2.75, 3.05) is 6.61 Å². The smallest absolute Gasteiger partial charge is 0.389 e. The van der Waals surface area contributed by atoms with Gasteiger partial charge in [-0.2, -0.15) is 0 Å². The monoisotopic (exact) mass is 890 g/mol. The molecule has 1 rings (SSSR count). The van der Waals surface area contributed by atoms with Gasteiger partial charge in [0, 0.05) is 0 Å². The fourth-order valence-corrected chi connectivity index (χ4v) is 8.50. The molecule has 0 spiro atoms. The number of aliphatic hydroxyl groups excluding tert-OH is 7.